The zero-order valence-electron chi connectivity index (χ0n) is 19.0. The fourth-order valence-electron chi connectivity index (χ4n) is 4.81. The number of amides is 1. The summed E-state index contributed by atoms with van der Waals surface area (Å²) >= 11 is 0. The van der Waals surface area contributed by atoms with Gasteiger partial charge in [-0.1, -0.05) is 5.16 Å². The molecule has 1 saturated heterocycles. The fraction of sp³-hybridized carbons (Fsp3) is 0.480. The molecule has 1 N–H and O–H groups in total. The number of aromatic nitrogens is 1. The number of ketones is 1. The first kappa shape index (κ1) is 23.2. The standard InChI is InChI=1S/C25H31FN4O3/c1-28-14-11-22(27-33)21-10-17-30(23(21)25(28)32)13-3-2-12-29-15-8-19(9-16-29)24(31)18-4-6-20(26)7-5-18/h4-7,10,17,19,33H,2-3,8-9,11-16H2,1H3/b27-22+. The molecule has 0 saturated carbocycles. The zero-order chi connectivity index (χ0) is 23.4. The molecule has 2 aliphatic rings. The fourth-order valence-corrected chi connectivity index (χ4v) is 4.81. The highest BCUT2D eigenvalue weighted by atomic mass is 19.1. The number of hydrogen-bond acceptors (Lipinski definition) is 5. The molecule has 2 aromatic rings. The van der Waals surface area contributed by atoms with Gasteiger partial charge in [0.15, 0.2) is 5.78 Å². The minimum atomic E-state index is -0.323. The van der Waals surface area contributed by atoms with Gasteiger partial charge in [-0.25, -0.2) is 4.39 Å². The summed E-state index contributed by atoms with van der Waals surface area (Å²) in [6, 6.07) is 7.70. The van der Waals surface area contributed by atoms with Gasteiger partial charge >= 0.3 is 0 Å². The van der Waals surface area contributed by atoms with Crippen molar-refractivity contribution in [1.82, 2.24) is 14.4 Å². The average molecular weight is 455 g/mol. The number of unbranched alkanes of at least 4 members (excludes halogenated alkanes) is 1. The van der Waals surface area contributed by atoms with Crippen molar-refractivity contribution in [3.63, 3.8) is 0 Å². The first-order valence-electron chi connectivity index (χ1n) is 11.7. The van der Waals surface area contributed by atoms with Crippen LogP contribution in [0.15, 0.2) is 41.7 Å². The molecule has 1 aromatic carbocycles. The molecule has 8 heteroatoms. The number of halogens is 1. The molecule has 7 nitrogen and oxygen atoms in total. The van der Waals surface area contributed by atoms with Gasteiger partial charge in [-0.3, -0.25) is 9.59 Å². The number of aryl methyl sites for hydroxylation is 1. The lowest BCUT2D eigenvalue weighted by Crippen LogP contribution is -2.37. The summed E-state index contributed by atoms with van der Waals surface area (Å²) in [7, 11) is 1.77. The SMILES string of the molecule is CN1CC/C(=N\O)c2ccn(CCCCN3CCC(C(=O)c4ccc(F)cc4)CC3)c2C1=O. The molecule has 0 bridgehead atoms. The quantitative estimate of drug-likeness (QED) is 0.300. The highest BCUT2D eigenvalue weighted by molar-refractivity contribution is 6.11. The minimum Gasteiger partial charge on any atom is -0.411 e. The summed E-state index contributed by atoms with van der Waals surface area (Å²) in [5, 5.41) is 12.7. The third-order valence-corrected chi connectivity index (χ3v) is 6.84. The first-order chi connectivity index (χ1) is 16.0. The number of carbonyl (C=O) groups is 2. The van der Waals surface area contributed by atoms with Crippen molar-refractivity contribution < 1.29 is 19.2 Å². The molecule has 0 aliphatic carbocycles. The van der Waals surface area contributed by atoms with Crippen LogP contribution in [0, 0.1) is 11.7 Å². The predicted molar refractivity (Wildman–Crippen MR) is 123 cm³/mol. The second-order valence-electron chi connectivity index (χ2n) is 8.99. The number of likely N-dealkylation sites (tertiary alicyclic amines) is 1. The van der Waals surface area contributed by atoms with Crippen molar-refractivity contribution in [1.29, 1.82) is 0 Å². The molecule has 0 unspecified atom stereocenters. The van der Waals surface area contributed by atoms with Crippen LogP contribution in [0.25, 0.3) is 0 Å². The monoisotopic (exact) mass is 454 g/mol. The van der Waals surface area contributed by atoms with Crippen LogP contribution in [-0.4, -0.2) is 70.2 Å². The van der Waals surface area contributed by atoms with Crippen LogP contribution in [0.2, 0.25) is 0 Å². The molecule has 3 heterocycles. The molecule has 176 valence electrons. The van der Waals surface area contributed by atoms with E-state index in [1.165, 1.54) is 12.1 Å². The first-order valence-corrected chi connectivity index (χ1v) is 11.7. The summed E-state index contributed by atoms with van der Waals surface area (Å²) in [5.74, 6) is -0.243. The maximum atomic E-state index is 13.1. The Morgan fingerprint density at radius 2 is 1.79 bits per heavy atom. The Kier molecular flexibility index (Phi) is 7.23. The topological polar surface area (TPSA) is 78.1 Å². The number of Topliss-reactive ketones (excluding diaryl/α,β-unsaturated/α-hetero) is 1. The third-order valence-electron chi connectivity index (χ3n) is 6.84. The third kappa shape index (κ3) is 5.16. The molecule has 1 aromatic heterocycles. The van der Waals surface area contributed by atoms with Crippen molar-refractivity contribution in [2.45, 2.75) is 38.6 Å². The largest absolute Gasteiger partial charge is 0.411 e. The van der Waals surface area contributed by atoms with Crippen molar-refractivity contribution in [2.24, 2.45) is 11.1 Å². The molecular formula is C25H31FN4O3. The molecule has 2 aliphatic heterocycles. The number of hydrogen-bond donors (Lipinski definition) is 1. The lowest BCUT2D eigenvalue weighted by atomic mass is 9.89. The van der Waals surface area contributed by atoms with E-state index in [-0.39, 0.29) is 23.4 Å². The van der Waals surface area contributed by atoms with Gasteiger partial charge < -0.3 is 19.6 Å². The Labute approximate surface area is 193 Å². The van der Waals surface area contributed by atoms with E-state index in [0.717, 1.165) is 57.4 Å². The van der Waals surface area contributed by atoms with Crippen LogP contribution in [0.3, 0.4) is 0 Å². The highest BCUT2D eigenvalue weighted by Crippen LogP contribution is 2.23. The Morgan fingerprint density at radius 3 is 2.48 bits per heavy atom. The van der Waals surface area contributed by atoms with Gasteiger partial charge in [0.2, 0.25) is 0 Å². The minimum absolute atomic E-state index is 0.00688. The number of oxime groups is 1. The van der Waals surface area contributed by atoms with Crippen LogP contribution < -0.4 is 0 Å². The number of piperidine rings is 1. The van der Waals surface area contributed by atoms with Gasteiger partial charge in [0.1, 0.15) is 11.5 Å². The van der Waals surface area contributed by atoms with Crippen molar-refractivity contribution >= 4 is 17.4 Å². The van der Waals surface area contributed by atoms with Crippen molar-refractivity contribution in [2.75, 3.05) is 33.2 Å². The van der Waals surface area contributed by atoms with Crippen LogP contribution in [0.4, 0.5) is 4.39 Å². The van der Waals surface area contributed by atoms with Crippen LogP contribution in [0.5, 0.6) is 0 Å². The number of benzene rings is 1. The Bertz CT molecular complexity index is 1020. The van der Waals surface area contributed by atoms with Crippen molar-refractivity contribution in [3.05, 3.63) is 59.2 Å². The number of nitrogens with zero attached hydrogens (tertiary/aromatic N) is 4. The van der Waals surface area contributed by atoms with E-state index in [1.807, 2.05) is 16.8 Å². The van der Waals surface area contributed by atoms with Gasteiger partial charge in [0, 0.05) is 49.8 Å². The average Bonchev–Trinajstić information content (AvgIpc) is 3.20. The Hall–Kier alpha value is -3.00. The van der Waals surface area contributed by atoms with E-state index in [2.05, 4.69) is 10.1 Å². The predicted octanol–water partition coefficient (Wildman–Crippen LogP) is 3.66. The maximum absolute atomic E-state index is 13.1. The summed E-state index contributed by atoms with van der Waals surface area (Å²) in [5.41, 5.74) is 2.47. The van der Waals surface area contributed by atoms with Gasteiger partial charge in [-0.2, -0.15) is 0 Å². The lowest BCUT2D eigenvalue weighted by Gasteiger charge is -2.31. The van der Waals surface area contributed by atoms with Crippen molar-refractivity contribution in [3.8, 4) is 0 Å². The lowest BCUT2D eigenvalue weighted by molar-refractivity contribution is 0.0788. The number of carbonyl (C=O) groups excluding carboxylic acids is 2. The molecular weight excluding hydrogens is 423 g/mol. The van der Waals surface area contributed by atoms with Crippen LogP contribution in [0.1, 0.15) is 58.5 Å². The van der Waals surface area contributed by atoms with Gasteiger partial charge in [0.05, 0.1) is 5.71 Å². The van der Waals surface area contributed by atoms with Gasteiger partial charge in [-0.15, -0.1) is 0 Å². The van der Waals surface area contributed by atoms with Gasteiger partial charge in [-0.05, 0) is 75.6 Å². The maximum Gasteiger partial charge on any atom is 0.270 e. The number of rotatable bonds is 7. The van der Waals surface area contributed by atoms with E-state index in [1.54, 1.807) is 24.1 Å². The Morgan fingerprint density at radius 1 is 1.09 bits per heavy atom. The molecule has 0 atom stereocenters. The molecule has 0 radical (unpaired) electrons. The summed E-state index contributed by atoms with van der Waals surface area (Å²) in [6.07, 6.45) is 6.01. The smallest absolute Gasteiger partial charge is 0.270 e. The second kappa shape index (κ2) is 10.3. The van der Waals surface area contributed by atoms with E-state index in [0.29, 0.717) is 29.9 Å². The van der Waals surface area contributed by atoms with E-state index < -0.39 is 0 Å². The van der Waals surface area contributed by atoms with Gasteiger partial charge in [0.25, 0.3) is 5.91 Å². The van der Waals surface area contributed by atoms with E-state index in [4.69, 9.17) is 0 Å². The second-order valence-corrected chi connectivity index (χ2v) is 8.99. The van der Waals surface area contributed by atoms with Crippen LogP contribution >= 0.6 is 0 Å². The Balaban J connectivity index is 1.25. The molecule has 1 fully saturated rings. The van der Waals surface area contributed by atoms with Crippen LogP contribution in [-0.2, 0) is 6.54 Å². The molecule has 4 rings (SSSR count). The molecule has 0 spiro atoms. The van der Waals surface area contributed by atoms with E-state index in [9.17, 15) is 19.2 Å². The highest BCUT2D eigenvalue weighted by Gasteiger charge is 2.28. The van der Waals surface area contributed by atoms with E-state index >= 15 is 0 Å². The molecule has 1 amide bonds. The zero-order valence-corrected chi connectivity index (χ0v) is 19.0. The summed E-state index contributed by atoms with van der Waals surface area (Å²) in [6.45, 7) is 3.99. The summed E-state index contributed by atoms with van der Waals surface area (Å²) in [4.78, 5) is 29.5. The summed E-state index contributed by atoms with van der Waals surface area (Å²) < 4.78 is 15.1. The molecule has 33 heavy (non-hydrogen) atoms. The normalized spacial score (nSPS) is 19.0. The number of fused-ring (bicyclic) bond motifs is 1.